The van der Waals surface area contributed by atoms with E-state index in [0.29, 0.717) is 12.3 Å². The summed E-state index contributed by atoms with van der Waals surface area (Å²) < 4.78 is 11.4. The lowest BCUT2D eigenvalue weighted by molar-refractivity contribution is -0.132. The van der Waals surface area contributed by atoms with Crippen molar-refractivity contribution in [1.82, 2.24) is 4.90 Å². The van der Waals surface area contributed by atoms with Crippen LogP contribution in [0.15, 0.2) is 30.3 Å². The number of rotatable bonds is 5. The molecule has 0 aliphatic carbocycles. The molecule has 1 aliphatic heterocycles. The van der Waals surface area contributed by atoms with Crippen LogP contribution in [-0.2, 0) is 15.6 Å². The Morgan fingerprint density at radius 2 is 1.90 bits per heavy atom. The zero-order valence-corrected chi connectivity index (χ0v) is 13.8. The molecule has 1 fully saturated rings. The van der Waals surface area contributed by atoms with Crippen molar-refractivity contribution in [2.24, 2.45) is 0 Å². The molecule has 1 aromatic rings. The van der Waals surface area contributed by atoms with Gasteiger partial charge in [0.05, 0.1) is 0 Å². The zero-order valence-electron chi connectivity index (χ0n) is 13.0. The average Bonchev–Trinajstić information content (AvgIpc) is 2.53. The van der Waals surface area contributed by atoms with E-state index >= 15 is 0 Å². The smallest absolute Gasteiger partial charge is 0.223 e. The lowest BCUT2D eigenvalue weighted by atomic mass is 9.92. The molecule has 0 saturated carbocycles. The molecule has 1 aliphatic rings. The minimum absolute atomic E-state index is 0.211. The second-order valence-electron chi connectivity index (χ2n) is 5.80. The molecule has 1 heterocycles. The van der Waals surface area contributed by atoms with Gasteiger partial charge in [0.15, 0.2) is 0 Å². The first-order chi connectivity index (χ1) is 10.1. The molecule has 0 N–H and O–H groups in total. The molecule has 116 valence electrons. The Morgan fingerprint density at radius 1 is 1.29 bits per heavy atom. The summed E-state index contributed by atoms with van der Waals surface area (Å²) in [5.41, 5.74) is 1.24. The summed E-state index contributed by atoms with van der Waals surface area (Å²) in [6.45, 7) is 2.13. The van der Waals surface area contributed by atoms with Crippen LogP contribution in [0.2, 0.25) is 0 Å². The number of carbonyl (C=O) groups is 1. The van der Waals surface area contributed by atoms with Crippen LogP contribution < -0.4 is 0 Å². The summed E-state index contributed by atoms with van der Waals surface area (Å²) in [5.74, 6) is 1.97. The molecule has 1 saturated heterocycles. The van der Waals surface area contributed by atoms with E-state index in [-0.39, 0.29) is 11.9 Å². The molecule has 21 heavy (non-hydrogen) atoms. The predicted molar refractivity (Wildman–Crippen MR) is 87.8 cm³/mol. The van der Waals surface area contributed by atoms with Crippen LogP contribution in [0.3, 0.4) is 0 Å². The van der Waals surface area contributed by atoms with Crippen molar-refractivity contribution in [3.8, 4) is 0 Å². The van der Waals surface area contributed by atoms with Gasteiger partial charge in [-0.1, -0.05) is 37.3 Å². The van der Waals surface area contributed by atoms with E-state index in [9.17, 15) is 9.00 Å². The molecular weight excluding hydrogens is 282 g/mol. The number of hydrogen-bond donors (Lipinski definition) is 0. The first kappa shape index (κ1) is 16.2. The van der Waals surface area contributed by atoms with E-state index in [1.165, 1.54) is 5.56 Å². The SMILES string of the molecule is CC[C@@H](CC(=O)N(C)C1CCS(=O)CC1)c1ccccc1. The maximum Gasteiger partial charge on any atom is 0.223 e. The van der Waals surface area contributed by atoms with Gasteiger partial charge >= 0.3 is 0 Å². The van der Waals surface area contributed by atoms with E-state index in [4.69, 9.17) is 0 Å². The first-order valence-electron chi connectivity index (χ1n) is 7.77. The Morgan fingerprint density at radius 3 is 2.48 bits per heavy atom. The fourth-order valence-electron chi connectivity index (χ4n) is 2.95. The number of hydrogen-bond acceptors (Lipinski definition) is 2. The third kappa shape index (κ3) is 4.40. The largest absolute Gasteiger partial charge is 0.343 e. The van der Waals surface area contributed by atoms with Crippen LogP contribution in [0, 0.1) is 0 Å². The van der Waals surface area contributed by atoms with Crippen molar-refractivity contribution in [2.45, 2.75) is 44.6 Å². The molecule has 0 aromatic heterocycles. The predicted octanol–water partition coefficient (Wildman–Crippen LogP) is 2.94. The zero-order chi connectivity index (χ0) is 15.2. The summed E-state index contributed by atoms with van der Waals surface area (Å²) in [6.07, 6.45) is 3.28. The molecule has 0 bridgehead atoms. The Hall–Kier alpha value is -1.16. The van der Waals surface area contributed by atoms with Gasteiger partial charge in [-0.3, -0.25) is 9.00 Å². The van der Waals surface area contributed by atoms with E-state index < -0.39 is 10.8 Å². The summed E-state index contributed by atoms with van der Waals surface area (Å²) in [5, 5.41) is 0. The Kier molecular flexibility index (Phi) is 5.97. The summed E-state index contributed by atoms with van der Waals surface area (Å²) >= 11 is 0. The molecule has 3 nitrogen and oxygen atoms in total. The minimum Gasteiger partial charge on any atom is -0.343 e. The van der Waals surface area contributed by atoms with Gasteiger partial charge in [-0.05, 0) is 30.7 Å². The Labute approximate surface area is 130 Å². The van der Waals surface area contributed by atoms with E-state index in [2.05, 4.69) is 19.1 Å². The fraction of sp³-hybridized carbons (Fsp3) is 0.588. The Bertz CT molecular complexity index is 479. The second kappa shape index (κ2) is 7.74. The third-order valence-electron chi connectivity index (χ3n) is 4.48. The summed E-state index contributed by atoms with van der Waals surface area (Å²) in [6, 6.07) is 10.5. The van der Waals surface area contributed by atoms with Crippen LogP contribution in [-0.4, -0.2) is 39.6 Å². The van der Waals surface area contributed by atoms with Crippen molar-refractivity contribution >= 4 is 16.7 Å². The number of amides is 1. The summed E-state index contributed by atoms with van der Waals surface area (Å²) in [7, 11) is 1.23. The standard InChI is InChI=1S/C17H25NO2S/c1-3-14(15-7-5-4-6-8-15)13-17(19)18(2)16-9-11-21(20)12-10-16/h4-8,14,16H,3,9-13H2,1-2H3/t14-,16?,21?/m0/s1. The maximum absolute atomic E-state index is 12.5. The normalized spacial score (nSPS) is 23.5. The first-order valence-corrected chi connectivity index (χ1v) is 9.26. The van der Waals surface area contributed by atoms with Gasteiger partial charge in [-0.2, -0.15) is 0 Å². The van der Waals surface area contributed by atoms with Crippen LogP contribution in [0.5, 0.6) is 0 Å². The number of nitrogens with zero attached hydrogens (tertiary/aromatic N) is 1. The Balaban J connectivity index is 1.94. The lowest BCUT2D eigenvalue weighted by Gasteiger charge is -2.32. The quantitative estimate of drug-likeness (QED) is 0.839. The molecule has 1 amide bonds. The maximum atomic E-state index is 12.5. The lowest BCUT2D eigenvalue weighted by Crippen LogP contribution is -2.41. The van der Waals surface area contributed by atoms with Gasteiger partial charge in [0.1, 0.15) is 0 Å². The highest BCUT2D eigenvalue weighted by Gasteiger charge is 2.26. The molecule has 2 rings (SSSR count). The monoisotopic (exact) mass is 307 g/mol. The van der Waals surface area contributed by atoms with Crippen LogP contribution in [0.25, 0.3) is 0 Å². The summed E-state index contributed by atoms with van der Waals surface area (Å²) in [4.78, 5) is 14.4. The van der Waals surface area contributed by atoms with Gasteiger partial charge in [0, 0.05) is 41.8 Å². The molecular formula is C17H25NO2S. The molecule has 0 radical (unpaired) electrons. The van der Waals surface area contributed by atoms with Crippen molar-refractivity contribution in [2.75, 3.05) is 18.6 Å². The van der Waals surface area contributed by atoms with E-state index in [1.807, 2.05) is 30.1 Å². The van der Waals surface area contributed by atoms with Gasteiger partial charge in [0.2, 0.25) is 5.91 Å². The minimum atomic E-state index is -0.671. The average molecular weight is 307 g/mol. The molecule has 1 aromatic carbocycles. The number of carbonyl (C=O) groups excluding carboxylic acids is 1. The van der Waals surface area contributed by atoms with Crippen LogP contribution in [0.4, 0.5) is 0 Å². The highest BCUT2D eigenvalue weighted by atomic mass is 32.2. The highest BCUT2D eigenvalue weighted by molar-refractivity contribution is 7.85. The molecule has 0 spiro atoms. The van der Waals surface area contributed by atoms with Crippen molar-refractivity contribution in [1.29, 1.82) is 0 Å². The second-order valence-corrected chi connectivity index (χ2v) is 7.50. The van der Waals surface area contributed by atoms with Gasteiger partial charge in [0.25, 0.3) is 0 Å². The van der Waals surface area contributed by atoms with E-state index in [1.54, 1.807) is 0 Å². The number of benzene rings is 1. The molecule has 4 heteroatoms. The van der Waals surface area contributed by atoms with Gasteiger partial charge in [-0.15, -0.1) is 0 Å². The van der Waals surface area contributed by atoms with Crippen molar-refractivity contribution < 1.29 is 9.00 Å². The van der Waals surface area contributed by atoms with Gasteiger partial charge in [-0.25, -0.2) is 0 Å². The molecule has 1 atom stereocenters. The highest BCUT2D eigenvalue weighted by Crippen LogP contribution is 2.25. The van der Waals surface area contributed by atoms with E-state index in [0.717, 1.165) is 30.8 Å². The van der Waals surface area contributed by atoms with Crippen molar-refractivity contribution in [3.05, 3.63) is 35.9 Å². The fourth-order valence-corrected chi connectivity index (χ4v) is 4.22. The topological polar surface area (TPSA) is 37.4 Å². The molecule has 0 unspecified atom stereocenters. The van der Waals surface area contributed by atoms with Crippen LogP contribution >= 0.6 is 0 Å². The van der Waals surface area contributed by atoms with Gasteiger partial charge < -0.3 is 4.90 Å². The van der Waals surface area contributed by atoms with Crippen molar-refractivity contribution in [3.63, 3.8) is 0 Å². The third-order valence-corrected chi connectivity index (χ3v) is 5.87. The van der Waals surface area contributed by atoms with Crippen LogP contribution in [0.1, 0.15) is 44.1 Å².